The molecule has 2 aromatic heterocycles. The van der Waals surface area contributed by atoms with Gasteiger partial charge in [0.25, 0.3) is 0 Å². The quantitative estimate of drug-likeness (QED) is 0.932. The highest BCUT2D eigenvalue weighted by Gasteiger charge is 1.96. The molecule has 2 aromatic rings. The van der Waals surface area contributed by atoms with E-state index in [1.807, 2.05) is 24.5 Å². The minimum Gasteiger partial charge on any atom is -0.309 e. The summed E-state index contributed by atoms with van der Waals surface area (Å²) < 4.78 is 1.18. The maximum absolute atomic E-state index is 3.98. The van der Waals surface area contributed by atoms with Crippen LogP contribution < -0.4 is 5.32 Å². The number of hydrogen-bond donors (Lipinski definition) is 1. The smallest absolute Gasteiger partial charge is 0.0701 e. The molecular weight excluding hydrogens is 272 g/mol. The predicted molar refractivity (Wildman–Crippen MR) is 66.8 cm³/mol. The molecule has 0 saturated heterocycles. The molecular formula is C11H11BrN2S. The van der Waals surface area contributed by atoms with E-state index < -0.39 is 0 Å². The van der Waals surface area contributed by atoms with Gasteiger partial charge in [-0.25, -0.2) is 0 Å². The lowest BCUT2D eigenvalue weighted by Gasteiger charge is -2.02. The maximum atomic E-state index is 3.98. The van der Waals surface area contributed by atoms with E-state index in [0.29, 0.717) is 0 Å². The van der Waals surface area contributed by atoms with Crippen LogP contribution in [-0.2, 0) is 13.1 Å². The Morgan fingerprint density at radius 2 is 1.93 bits per heavy atom. The number of pyridine rings is 1. The third-order valence-corrected chi connectivity index (χ3v) is 3.58. The molecule has 0 fully saturated rings. The molecule has 0 aliphatic carbocycles. The molecule has 0 unspecified atom stereocenters. The first-order valence-electron chi connectivity index (χ1n) is 4.67. The fraction of sp³-hybridized carbons (Fsp3) is 0.182. The summed E-state index contributed by atoms with van der Waals surface area (Å²) in [5, 5.41) is 5.55. The Labute approximate surface area is 101 Å². The Morgan fingerprint density at radius 3 is 2.60 bits per heavy atom. The molecule has 0 aliphatic heterocycles. The monoisotopic (exact) mass is 282 g/mol. The fourth-order valence-corrected chi connectivity index (χ4v) is 2.50. The third-order valence-electron chi connectivity index (χ3n) is 2.03. The number of rotatable bonds is 4. The van der Waals surface area contributed by atoms with Crippen molar-refractivity contribution in [1.29, 1.82) is 0 Å². The molecule has 0 atom stereocenters. The molecule has 2 nitrogen and oxygen atoms in total. The van der Waals surface area contributed by atoms with Crippen LogP contribution in [0.1, 0.15) is 11.1 Å². The zero-order valence-electron chi connectivity index (χ0n) is 8.11. The molecule has 78 valence electrons. The van der Waals surface area contributed by atoms with Gasteiger partial charge in [0.2, 0.25) is 0 Å². The Morgan fingerprint density at radius 1 is 1.20 bits per heavy atom. The average molecular weight is 283 g/mol. The molecule has 0 saturated carbocycles. The van der Waals surface area contributed by atoms with Crippen LogP contribution in [0.3, 0.4) is 0 Å². The van der Waals surface area contributed by atoms with Crippen LogP contribution in [0, 0.1) is 0 Å². The molecule has 0 aromatic carbocycles. The van der Waals surface area contributed by atoms with Gasteiger partial charge in [0.1, 0.15) is 0 Å². The first-order valence-corrected chi connectivity index (χ1v) is 6.34. The summed E-state index contributed by atoms with van der Waals surface area (Å²) >= 11 is 5.17. The average Bonchev–Trinajstić information content (AvgIpc) is 2.66. The van der Waals surface area contributed by atoms with Gasteiger partial charge in [0.05, 0.1) is 3.79 Å². The van der Waals surface area contributed by atoms with E-state index in [1.165, 1.54) is 14.9 Å². The molecule has 0 aliphatic rings. The van der Waals surface area contributed by atoms with E-state index in [1.54, 1.807) is 11.3 Å². The number of thiophene rings is 1. The van der Waals surface area contributed by atoms with E-state index in [0.717, 1.165) is 13.1 Å². The van der Waals surface area contributed by atoms with Gasteiger partial charge < -0.3 is 5.32 Å². The molecule has 2 rings (SSSR count). The summed E-state index contributed by atoms with van der Waals surface area (Å²) in [5.74, 6) is 0. The number of halogens is 1. The van der Waals surface area contributed by atoms with Crippen LogP contribution in [0.25, 0.3) is 0 Å². The van der Waals surface area contributed by atoms with Crippen LogP contribution in [-0.4, -0.2) is 4.98 Å². The lowest BCUT2D eigenvalue weighted by atomic mass is 10.2. The molecule has 0 bridgehead atoms. The highest BCUT2D eigenvalue weighted by molar-refractivity contribution is 9.11. The maximum Gasteiger partial charge on any atom is 0.0701 e. The van der Waals surface area contributed by atoms with Crippen LogP contribution in [0.2, 0.25) is 0 Å². The molecule has 1 N–H and O–H groups in total. The summed E-state index contributed by atoms with van der Waals surface area (Å²) in [6.07, 6.45) is 3.64. The predicted octanol–water partition coefficient (Wildman–Crippen LogP) is 3.20. The van der Waals surface area contributed by atoms with Crippen molar-refractivity contribution in [1.82, 2.24) is 10.3 Å². The number of nitrogens with one attached hydrogen (secondary N) is 1. The van der Waals surface area contributed by atoms with Crippen molar-refractivity contribution in [2.24, 2.45) is 0 Å². The SMILES string of the molecule is Brc1cc(CNCc2ccncc2)cs1. The largest absolute Gasteiger partial charge is 0.309 e. The first-order chi connectivity index (χ1) is 7.34. The van der Waals surface area contributed by atoms with Gasteiger partial charge in [0.15, 0.2) is 0 Å². The summed E-state index contributed by atoms with van der Waals surface area (Å²) in [6.45, 7) is 1.79. The van der Waals surface area contributed by atoms with Crippen LogP contribution >= 0.6 is 27.3 Å². The van der Waals surface area contributed by atoms with Gasteiger partial charge in [-0.1, -0.05) is 0 Å². The van der Waals surface area contributed by atoms with E-state index in [-0.39, 0.29) is 0 Å². The molecule has 2 heterocycles. The van der Waals surface area contributed by atoms with Gasteiger partial charge in [-0.2, -0.15) is 0 Å². The van der Waals surface area contributed by atoms with E-state index >= 15 is 0 Å². The van der Waals surface area contributed by atoms with Crippen molar-refractivity contribution in [3.63, 3.8) is 0 Å². The van der Waals surface area contributed by atoms with Crippen LogP contribution in [0.15, 0.2) is 39.8 Å². The van der Waals surface area contributed by atoms with E-state index in [2.05, 4.69) is 37.7 Å². The zero-order chi connectivity index (χ0) is 10.5. The van der Waals surface area contributed by atoms with Crippen LogP contribution in [0.4, 0.5) is 0 Å². The van der Waals surface area contributed by atoms with Crippen LogP contribution in [0.5, 0.6) is 0 Å². The fourth-order valence-electron chi connectivity index (χ4n) is 1.29. The van der Waals surface area contributed by atoms with Gasteiger partial charge in [0, 0.05) is 25.5 Å². The number of aromatic nitrogens is 1. The highest BCUT2D eigenvalue weighted by atomic mass is 79.9. The van der Waals surface area contributed by atoms with Crippen molar-refractivity contribution in [3.8, 4) is 0 Å². The van der Waals surface area contributed by atoms with Gasteiger partial charge >= 0.3 is 0 Å². The number of nitrogens with zero attached hydrogens (tertiary/aromatic N) is 1. The normalized spacial score (nSPS) is 10.5. The van der Waals surface area contributed by atoms with Crippen molar-refractivity contribution in [2.45, 2.75) is 13.1 Å². The minimum atomic E-state index is 0.885. The highest BCUT2D eigenvalue weighted by Crippen LogP contribution is 2.20. The van der Waals surface area contributed by atoms with E-state index in [9.17, 15) is 0 Å². The van der Waals surface area contributed by atoms with Gasteiger partial charge in [-0.15, -0.1) is 11.3 Å². The van der Waals surface area contributed by atoms with Crippen molar-refractivity contribution < 1.29 is 0 Å². The second-order valence-electron chi connectivity index (χ2n) is 3.22. The second-order valence-corrected chi connectivity index (χ2v) is 5.51. The van der Waals surface area contributed by atoms with Crippen molar-refractivity contribution in [3.05, 3.63) is 50.9 Å². The molecule has 0 spiro atoms. The molecule has 4 heteroatoms. The lowest BCUT2D eigenvalue weighted by molar-refractivity contribution is 0.694. The number of hydrogen-bond acceptors (Lipinski definition) is 3. The Hall–Kier alpha value is -0.710. The third kappa shape index (κ3) is 3.41. The zero-order valence-corrected chi connectivity index (χ0v) is 10.5. The summed E-state index contributed by atoms with van der Waals surface area (Å²) in [6, 6.07) is 6.19. The summed E-state index contributed by atoms with van der Waals surface area (Å²) in [5.41, 5.74) is 2.58. The first kappa shape index (κ1) is 10.8. The van der Waals surface area contributed by atoms with Crippen molar-refractivity contribution >= 4 is 27.3 Å². The summed E-state index contributed by atoms with van der Waals surface area (Å²) in [7, 11) is 0. The standard InChI is InChI=1S/C11H11BrN2S/c12-11-5-10(8-15-11)7-14-6-9-1-3-13-4-2-9/h1-5,8,14H,6-7H2. The summed E-state index contributed by atoms with van der Waals surface area (Å²) in [4.78, 5) is 3.98. The van der Waals surface area contributed by atoms with Gasteiger partial charge in [-0.05, 0) is 50.6 Å². The van der Waals surface area contributed by atoms with Crippen molar-refractivity contribution in [2.75, 3.05) is 0 Å². The van der Waals surface area contributed by atoms with Gasteiger partial charge in [-0.3, -0.25) is 4.98 Å². The second kappa shape index (κ2) is 5.39. The Kier molecular flexibility index (Phi) is 3.88. The van der Waals surface area contributed by atoms with E-state index in [4.69, 9.17) is 0 Å². The molecule has 0 radical (unpaired) electrons. The molecule has 0 amide bonds. The Balaban J connectivity index is 1.80. The Bertz CT molecular complexity index is 414. The topological polar surface area (TPSA) is 24.9 Å². The minimum absolute atomic E-state index is 0.885. The lowest BCUT2D eigenvalue weighted by Crippen LogP contribution is -2.11. The molecule has 15 heavy (non-hydrogen) atoms.